The molecule has 2 aromatic rings. The third-order valence-corrected chi connectivity index (χ3v) is 7.00. The average molecular weight is 517 g/mol. The number of unbranched alkanes of at least 4 members (excludes halogenated alkanes) is 11. The fourth-order valence-electron chi connectivity index (χ4n) is 4.57. The van der Waals surface area contributed by atoms with Crippen molar-refractivity contribution in [2.24, 2.45) is 0 Å². The SMILES string of the molecule is CCCCCCCCCCCCc1ccc(-c2ncc(OCC(F)CCC(F)CCCCC)cn2)cc1. The first-order valence-corrected chi connectivity index (χ1v) is 14.9. The Morgan fingerprint density at radius 3 is 1.81 bits per heavy atom. The highest BCUT2D eigenvalue weighted by molar-refractivity contribution is 5.55. The topological polar surface area (TPSA) is 35.0 Å². The van der Waals surface area contributed by atoms with Crippen molar-refractivity contribution in [2.45, 2.75) is 135 Å². The molecule has 2 atom stereocenters. The van der Waals surface area contributed by atoms with E-state index in [0.717, 1.165) is 31.2 Å². The highest BCUT2D eigenvalue weighted by Crippen LogP contribution is 2.20. The number of aromatic nitrogens is 2. The molecule has 0 amide bonds. The highest BCUT2D eigenvalue weighted by Gasteiger charge is 2.13. The highest BCUT2D eigenvalue weighted by atomic mass is 19.1. The molecule has 1 aromatic carbocycles. The lowest BCUT2D eigenvalue weighted by Gasteiger charge is -2.12. The van der Waals surface area contributed by atoms with Crippen molar-refractivity contribution in [2.75, 3.05) is 6.61 Å². The van der Waals surface area contributed by atoms with Crippen molar-refractivity contribution < 1.29 is 13.5 Å². The van der Waals surface area contributed by atoms with Crippen molar-refractivity contribution in [3.63, 3.8) is 0 Å². The van der Waals surface area contributed by atoms with Crippen LogP contribution < -0.4 is 4.74 Å². The van der Waals surface area contributed by atoms with Crippen LogP contribution in [0.2, 0.25) is 0 Å². The molecule has 0 radical (unpaired) electrons. The maximum atomic E-state index is 14.1. The summed E-state index contributed by atoms with van der Waals surface area (Å²) in [7, 11) is 0. The molecule has 0 saturated heterocycles. The predicted octanol–water partition coefficient (Wildman–Crippen LogP) is 10.0. The van der Waals surface area contributed by atoms with E-state index < -0.39 is 12.3 Å². The summed E-state index contributed by atoms with van der Waals surface area (Å²) in [5, 5.41) is 0. The zero-order chi connectivity index (χ0) is 26.6. The first-order chi connectivity index (χ1) is 18.1. The van der Waals surface area contributed by atoms with Crippen LogP contribution in [0.5, 0.6) is 5.75 Å². The van der Waals surface area contributed by atoms with E-state index in [0.29, 0.717) is 18.0 Å². The van der Waals surface area contributed by atoms with Gasteiger partial charge in [-0.2, -0.15) is 0 Å². The third-order valence-electron chi connectivity index (χ3n) is 7.00. The van der Waals surface area contributed by atoms with Crippen LogP contribution in [-0.4, -0.2) is 28.9 Å². The Morgan fingerprint density at radius 2 is 1.19 bits per heavy atom. The average Bonchev–Trinajstić information content (AvgIpc) is 2.92. The standard InChI is InChI=1S/C32H50F2N2O/c1-3-5-7-8-9-10-11-12-13-15-16-27-18-20-28(21-19-27)32-35-24-31(25-36-32)37-26-30(34)23-22-29(33)17-14-6-4-2/h18-21,24-25,29-30H,3-17,22-23,26H2,1-2H3. The number of benzene rings is 1. The van der Waals surface area contributed by atoms with Gasteiger partial charge in [-0.15, -0.1) is 0 Å². The molecular weight excluding hydrogens is 466 g/mol. The Bertz CT molecular complexity index is 797. The molecule has 5 heteroatoms. The molecule has 208 valence electrons. The second-order valence-corrected chi connectivity index (χ2v) is 10.4. The summed E-state index contributed by atoms with van der Waals surface area (Å²) in [6.07, 6.45) is 19.6. The van der Waals surface area contributed by atoms with Gasteiger partial charge in [0, 0.05) is 5.56 Å². The van der Waals surface area contributed by atoms with Gasteiger partial charge >= 0.3 is 0 Å². The van der Waals surface area contributed by atoms with Crippen LogP contribution in [0.1, 0.15) is 122 Å². The maximum Gasteiger partial charge on any atom is 0.159 e. The first kappa shape index (κ1) is 31.2. The lowest BCUT2D eigenvalue weighted by Crippen LogP contribution is -2.15. The van der Waals surface area contributed by atoms with Gasteiger partial charge in [0.2, 0.25) is 0 Å². The Hall–Kier alpha value is -2.04. The summed E-state index contributed by atoms with van der Waals surface area (Å²) in [4.78, 5) is 8.76. The summed E-state index contributed by atoms with van der Waals surface area (Å²) >= 11 is 0. The van der Waals surface area contributed by atoms with Crippen molar-refractivity contribution >= 4 is 0 Å². The minimum atomic E-state index is -1.19. The Kier molecular flexibility index (Phi) is 16.8. The van der Waals surface area contributed by atoms with Gasteiger partial charge in [-0.05, 0) is 37.7 Å². The number of nitrogens with zero attached hydrogens (tertiary/aromatic N) is 2. The zero-order valence-corrected chi connectivity index (χ0v) is 23.4. The molecular formula is C32H50F2N2O. The molecule has 0 spiro atoms. The quantitative estimate of drug-likeness (QED) is 0.146. The summed E-state index contributed by atoms with van der Waals surface area (Å²) in [5.41, 5.74) is 2.30. The van der Waals surface area contributed by atoms with Gasteiger partial charge in [-0.3, -0.25) is 0 Å². The number of alkyl halides is 2. The molecule has 0 aliphatic heterocycles. The molecule has 0 N–H and O–H groups in total. The monoisotopic (exact) mass is 516 g/mol. The van der Waals surface area contributed by atoms with E-state index >= 15 is 0 Å². The minimum Gasteiger partial charge on any atom is -0.487 e. The molecule has 2 rings (SSSR count). The Labute approximate surface area is 224 Å². The fourth-order valence-corrected chi connectivity index (χ4v) is 4.57. The van der Waals surface area contributed by atoms with Gasteiger partial charge in [0.05, 0.1) is 12.4 Å². The van der Waals surface area contributed by atoms with Crippen LogP contribution in [0, 0.1) is 0 Å². The van der Waals surface area contributed by atoms with Crippen LogP contribution in [-0.2, 0) is 6.42 Å². The molecule has 3 nitrogen and oxygen atoms in total. The smallest absolute Gasteiger partial charge is 0.159 e. The van der Waals surface area contributed by atoms with Crippen LogP contribution >= 0.6 is 0 Å². The molecule has 1 aromatic heterocycles. The van der Waals surface area contributed by atoms with Gasteiger partial charge < -0.3 is 4.74 Å². The van der Waals surface area contributed by atoms with E-state index in [-0.39, 0.29) is 19.4 Å². The van der Waals surface area contributed by atoms with Gasteiger partial charge in [-0.25, -0.2) is 18.7 Å². The minimum absolute atomic E-state index is 0.0992. The van der Waals surface area contributed by atoms with Gasteiger partial charge in [0.25, 0.3) is 0 Å². The zero-order valence-electron chi connectivity index (χ0n) is 23.4. The second kappa shape index (κ2) is 20.0. The van der Waals surface area contributed by atoms with Crippen LogP contribution in [0.15, 0.2) is 36.7 Å². The van der Waals surface area contributed by atoms with E-state index in [4.69, 9.17) is 4.74 Å². The number of rotatable bonds is 22. The number of hydrogen-bond acceptors (Lipinski definition) is 3. The summed E-state index contributed by atoms with van der Waals surface area (Å²) < 4.78 is 33.4. The van der Waals surface area contributed by atoms with E-state index in [2.05, 4.69) is 48.1 Å². The van der Waals surface area contributed by atoms with Crippen molar-refractivity contribution in [3.05, 3.63) is 42.2 Å². The van der Waals surface area contributed by atoms with E-state index in [1.165, 1.54) is 69.8 Å². The lowest BCUT2D eigenvalue weighted by molar-refractivity contribution is 0.167. The molecule has 0 aliphatic rings. The first-order valence-electron chi connectivity index (χ1n) is 14.9. The predicted molar refractivity (Wildman–Crippen MR) is 152 cm³/mol. The lowest BCUT2D eigenvalue weighted by atomic mass is 10.0. The number of hydrogen-bond donors (Lipinski definition) is 0. The van der Waals surface area contributed by atoms with E-state index in [9.17, 15) is 8.78 Å². The van der Waals surface area contributed by atoms with Gasteiger partial charge in [0.15, 0.2) is 11.6 Å². The van der Waals surface area contributed by atoms with Crippen LogP contribution in [0.4, 0.5) is 8.78 Å². The van der Waals surface area contributed by atoms with Crippen LogP contribution in [0.25, 0.3) is 11.4 Å². The van der Waals surface area contributed by atoms with Gasteiger partial charge in [0.1, 0.15) is 19.0 Å². The van der Waals surface area contributed by atoms with Crippen molar-refractivity contribution in [1.82, 2.24) is 9.97 Å². The summed E-state index contributed by atoms with van der Waals surface area (Å²) in [6.45, 7) is 4.26. The Balaban J connectivity index is 1.61. The van der Waals surface area contributed by atoms with Crippen molar-refractivity contribution in [1.29, 1.82) is 0 Å². The van der Waals surface area contributed by atoms with Gasteiger partial charge in [-0.1, -0.05) is 115 Å². The number of aryl methyl sites for hydroxylation is 1. The largest absolute Gasteiger partial charge is 0.487 e. The third kappa shape index (κ3) is 14.5. The normalized spacial score (nSPS) is 13.0. The molecule has 1 heterocycles. The molecule has 0 fully saturated rings. The molecule has 0 bridgehead atoms. The molecule has 0 saturated carbocycles. The fraction of sp³-hybridized carbons (Fsp3) is 0.688. The van der Waals surface area contributed by atoms with Crippen LogP contribution in [0.3, 0.4) is 0 Å². The maximum absolute atomic E-state index is 14.1. The summed E-state index contributed by atoms with van der Waals surface area (Å²) in [6, 6.07) is 8.44. The molecule has 37 heavy (non-hydrogen) atoms. The van der Waals surface area contributed by atoms with E-state index in [1.807, 2.05) is 0 Å². The molecule has 0 aliphatic carbocycles. The number of halogens is 2. The Morgan fingerprint density at radius 1 is 0.649 bits per heavy atom. The second-order valence-electron chi connectivity index (χ2n) is 10.4. The number of ether oxygens (including phenoxy) is 1. The molecule has 2 unspecified atom stereocenters. The van der Waals surface area contributed by atoms with E-state index in [1.54, 1.807) is 12.4 Å². The van der Waals surface area contributed by atoms with Crippen molar-refractivity contribution in [3.8, 4) is 17.1 Å². The summed E-state index contributed by atoms with van der Waals surface area (Å²) in [5.74, 6) is 1.06.